The van der Waals surface area contributed by atoms with E-state index in [1.807, 2.05) is 60.7 Å². The molecule has 0 unspecified atom stereocenters. The lowest BCUT2D eigenvalue weighted by atomic mass is 9.95. The zero-order valence-electron chi connectivity index (χ0n) is 27.6. The minimum Gasteiger partial charge on any atom is -0.456 e. The molecule has 0 heterocycles. The van der Waals surface area contributed by atoms with Crippen LogP contribution in [0.5, 0.6) is 0 Å². The molecule has 0 radical (unpaired) electrons. The number of aliphatic imine (C=N–C) groups is 1. The molecule has 0 bridgehead atoms. The minimum atomic E-state index is -2.31. The molecular weight excluding hydrogens is 562 g/mol. The minimum absolute atomic E-state index is 0.0434. The van der Waals surface area contributed by atoms with Crippen molar-refractivity contribution < 1.29 is 33.0 Å². The van der Waals surface area contributed by atoms with Gasteiger partial charge in [-0.2, -0.15) is 0 Å². The predicted octanol–water partition coefficient (Wildman–Crippen LogP) is 6.76. The quantitative estimate of drug-likeness (QED) is 0.113. The number of rotatable bonds is 12. The number of carbonyl (C=O) groups excluding carboxylic acids is 3. The van der Waals surface area contributed by atoms with Crippen LogP contribution in [0, 0.1) is 5.41 Å². The first-order valence-corrected chi connectivity index (χ1v) is 17.6. The van der Waals surface area contributed by atoms with Gasteiger partial charge in [-0.3, -0.25) is 19.4 Å². The highest BCUT2D eigenvalue weighted by Gasteiger charge is 2.44. The fourth-order valence-corrected chi connectivity index (χ4v) is 5.00. The van der Waals surface area contributed by atoms with Crippen LogP contribution in [0.4, 0.5) is 0 Å². The van der Waals surface area contributed by atoms with Gasteiger partial charge < -0.3 is 18.6 Å². The van der Waals surface area contributed by atoms with Gasteiger partial charge in [0, 0.05) is 25.0 Å². The van der Waals surface area contributed by atoms with Crippen molar-refractivity contribution in [3.63, 3.8) is 0 Å². The summed E-state index contributed by atoms with van der Waals surface area (Å²) in [4.78, 5) is 43.3. The summed E-state index contributed by atoms with van der Waals surface area (Å²) in [7, 11) is -2.31. The van der Waals surface area contributed by atoms with Gasteiger partial charge in [-0.25, -0.2) is 0 Å². The Morgan fingerprint density at radius 3 is 1.60 bits per heavy atom. The molecule has 2 rings (SSSR count). The molecule has 8 nitrogen and oxygen atoms in total. The van der Waals surface area contributed by atoms with E-state index in [9.17, 15) is 14.4 Å². The zero-order valence-corrected chi connectivity index (χ0v) is 28.6. The van der Waals surface area contributed by atoms with Crippen molar-refractivity contribution in [1.82, 2.24) is 0 Å². The monoisotopic (exact) mass is 611 g/mol. The molecule has 0 aromatic heterocycles. The molecule has 9 heteroatoms. The Morgan fingerprint density at radius 2 is 1.21 bits per heavy atom. The first-order chi connectivity index (χ1) is 19.8. The van der Waals surface area contributed by atoms with Gasteiger partial charge in [0.05, 0.1) is 23.8 Å². The van der Waals surface area contributed by atoms with Crippen molar-refractivity contribution in [1.29, 1.82) is 0 Å². The maximum atomic E-state index is 13.3. The first-order valence-electron chi connectivity index (χ1n) is 14.7. The molecule has 0 amide bonds. The molecule has 236 valence electrons. The third-order valence-electron chi connectivity index (χ3n) is 7.48. The fraction of sp³-hybridized carbons (Fsp3) is 0.529. The van der Waals surface area contributed by atoms with Gasteiger partial charge in [-0.1, -0.05) is 81.4 Å². The topological polar surface area (TPSA) is 100 Å². The molecule has 0 spiro atoms. The van der Waals surface area contributed by atoms with E-state index in [1.54, 1.807) is 27.7 Å². The van der Waals surface area contributed by atoms with E-state index in [2.05, 4.69) is 33.9 Å². The third kappa shape index (κ3) is 10.7. The van der Waals surface area contributed by atoms with Crippen molar-refractivity contribution in [3.8, 4) is 0 Å². The number of benzene rings is 2. The van der Waals surface area contributed by atoms with Crippen LogP contribution < -0.4 is 0 Å². The highest BCUT2D eigenvalue weighted by Crippen LogP contribution is 2.37. The van der Waals surface area contributed by atoms with Gasteiger partial charge in [0.2, 0.25) is 0 Å². The number of hydrogen-bond donors (Lipinski definition) is 0. The van der Waals surface area contributed by atoms with Crippen LogP contribution in [-0.4, -0.2) is 62.9 Å². The molecule has 43 heavy (non-hydrogen) atoms. The molecule has 0 saturated carbocycles. The molecule has 0 saturated heterocycles. The second-order valence-electron chi connectivity index (χ2n) is 13.4. The van der Waals surface area contributed by atoms with Gasteiger partial charge >= 0.3 is 17.9 Å². The Bertz CT molecular complexity index is 1210. The van der Waals surface area contributed by atoms with E-state index >= 15 is 0 Å². The Labute approximate surface area is 258 Å². The molecular formula is C34H49NO7Si. The molecule has 0 aliphatic carbocycles. The third-order valence-corrected chi connectivity index (χ3v) is 12.0. The van der Waals surface area contributed by atoms with Crippen LogP contribution in [0.2, 0.25) is 18.1 Å². The molecule has 0 N–H and O–H groups in total. The lowest BCUT2D eigenvalue weighted by Crippen LogP contribution is -2.53. The average molecular weight is 612 g/mol. The second-order valence-corrected chi connectivity index (χ2v) is 18.2. The maximum absolute atomic E-state index is 13.3. The molecule has 0 aliphatic heterocycles. The number of esters is 3. The Hall–Kier alpha value is -3.30. The molecule has 2 aromatic carbocycles. The molecule has 0 fully saturated rings. The summed E-state index contributed by atoms with van der Waals surface area (Å²) in [5, 5.41) is -0.124. The summed E-state index contributed by atoms with van der Waals surface area (Å²) in [6.45, 7) is 20.0. The smallest absolute Gasteiger partial charge is 0.311 e. The highest BCUT2D eigenvalue weighted by atomic mass is 28.4. The number of hydrogen-bond acceptors (Lipinski definition) is 8. The van der Waals surface area contributed by atoms with Crippen molar-refractivity contribution in [2.75, 3.05) is 6.61 Å². The van der Waals surface area contributed by atoms with Crippen molar-refractivity contribution in [2.45, 2.75) is 105 Å². The van der Waals surface area contributed by atoms with Gasteiger partial charge in [-0.05, 0) is 45.8 Å². The van der Waals surface area contributed by atoms with Gasteiger partial charge in [0.25, 0.3) is 0 Å². The maximum Gasteiger partial charge on any atom is 0.311 e. The van der Waals surface area contributed by atoms with Crippen LogP contribution in [0.25, 0.3) is 0 Å². The largest absolute Gasteiger partial charge is 0.456 e. The van der Waals surface area contributed by atoms with Crippen LogP contribution in [0.1, 0.15) is 73.4 Å². The standard InChI is InChI=1S/C34H49NO7Si/c1-23(35-29(26-18-14-12-15-19-26)27-20-16-13-17-21-27)30(42-32(38)33(4,5)6)31(41-25(3)37)28(40-24(2)36)22-39-43(10,11)34(7,8)9/h12-21,23,28,30-31H,22H2,1-11H3/t23-,28+,30+,31-/m0/s1. The summed E-state index contributed by atoms with van der Waals surface area (Å²) >= 11 is 0. The average Bonchev–Trinajstić information content (AvgIpc) is 2.90. The number of nitrogens with zero attached hydrogens (tertiary/aromatic N) is 1. The van der Waals surface area contributed by atoms with Crippen LogP contribution in [-0.2, 0) is 33.0 Å². The Kier molecular flexibility index (Phi) is 12.5. The normalized spacial score (nSPS) is 15.0. The summed E-state index contributed by atoms with van der Waals surface area (Å²) in [5.41, 5.74) is 1.54. The summed E-state index contributed by atoms with van der Waals surface area (Å²) in [6, 6.07) is 18.6. The van der Waals surface area contributed by atoms with Gasteiger partial charge in [0.15, 0.2) is 26.6 Å². The van der Waals surface area contributed by atoms with E-state index in [4.69, 9.17) is 23.6 Å². The summed E-state index contributed by atoms with van der Waals surface area (Å²) in [6.07, 6.45) is -3.35. The SMILES string of the molecule is CC(=O)O[C@H]([C@H](OC(=O)C(C)(C)C)[C@H](C)N=C(c1ccccc1)c1ccccc1)[C@@H](CO[Si](C)(C)C(C)(C)C)OC(C)=O. The van der Waals surface area contributed by atoms with Crippen LogP contribution in [0.15, 0.2) is 65.7 Å². The fourth-order valence-electron chi connectivity index (χ4n) is 3.99. The highest BCUT2D eigenvalue weighted by molar-refractivity contribution is 6.74. The second kappa shape index (κ2) is 14.9. The first kappa shape index (κ1) is 35.9. The van der Waals surface area contributed by atoms with Gasteiger partial charge in [-0.15, -0.1) is 0 Å². The van der Waals surface area contributed by atoms with Crippen LogP contribution >= 0.6 is 0 Å². The number of ether oxygens (including phenoxy) is 3. The molecule has 0 aliphatic rings. The zero-order chi connectivity index (χ0) is 32.6. The van der Waals surface area contributed by atoms with E-state index in [-0.39, 0.29) is 11.6 Å². The van der Waals surface area contributed by atoms with E-state index in [1.165, 1.54) is 13.8 Å². The Morgan fingerprint density at radius 1 is 0.744 bits per heavy atom. The number of carbonyl (C=O) groups is 3. The van der Waals surface area contributed by atoms with E-state index < -0.39 is 56.0 Å². The van der Waals surface area contributed by atoms with Crippen molar-refractivity contribution in [3.05, 3.63) is 71.8 Å². The van der Waals surface area contributed by atoms with Crippen molar-refractivity contribution in [2.24, 2.45) is 10.4 Å². The molecule has 2 aromatic rings. The van der Waals surface area contributed by atoms with E-state index in [0.717, 1.165) is 11.1 Å². The predicted molar refractivity (Wildman–Crippen MR) is 172 cm³/mol. The Balaban J connectivity index is 2.71. The molecule has 4 atom stereocenters. The lowest BCUT2D eigenvalue weighted by Gasteiger charge is -2.39. The van der Waals surface area contributed by atoms with Gasteiger partial charge in [0.1, 0.15) is 0 Å². The van der Waals surface area contributed by atoms with Crippen LogP contribution in [0.3, 0.4) is 0 Å². The van der Waals surface area contributed by atoms with Crippen molar-refractivity contribution >= 4 is 31.9 Å². The summed E-state index contributed by atoms with van der Waals surface area (Å²) < 4.78 is 24.1. The van der Waals surface area contributed by atoms with E-state index in [0.29, 0.717) is 5.71 Å². The summed E-state index contributed by atoms with van der Waals surface area (Å²) in [5.74, 6) is -1.70. The lowest BCUT2D eigenvalue weighted by molar-refractivity contribution is -0.191.